The van der Waals surface area contributed by atoms with Gasteiger partial charge < -0.3 is 31.3 Å². The molecular formula is C32H55BrN2O3. The predicted molar refractivity (Wildman–Crippen MR) is 147 cm³/mol. The molecular weight excluding hydrogens is 540 g/mol. The minimum atomic E-state index is -0.144. The molecule has 2 saturated heterocycles. The summed E-state index contributed by atoms with van der Waals surface area (Å²) < 4.78 is 7.46. The fourth-order valence-corrected chi connectivity index (χ4v) is 11.4. The summed E-state index contributed by atoms with van der Waals surface area (Å²) in [6, 6.07) is 0.814. The number of piperidine rings is 2. The molecule has 4 saturated carbocycles. The van der Waals surface area contributed by atoms with Crippen LogP contribution < -0.4 is 17.0 Å². The monoisotopic (exact) mass is 594 g/mol. The van der Waals surface area contributed by atoms with E-state index in [1.807, 2.05) is 0 Å². The van der Waals surface area contributed by atoms with Crippen molar-refractivity contribution < 1.29 is 36.1 Å². The van der Waals surface area contributed by atoms with E-state index in [0.717, 1.165) is 22.7 Å². The third-order valence-electron chi connectivity index (χ3n) is 13.4. The Hall–Kier alpha value is -0.170. The van der Waals surface area contributed by atoms with Crippen molar-refractivity contribution in [2.45, 2.75) is 129 Å². The number of carbonyl (C=O) groups is 1. The van der Waals surface area contributed by atoms with Crippen molar-refractivity contribution in [1.29, 1.82) is 0 Å². The Morgan fingerprint density at radius 1 is 0.921 bits per heavy atom. The second-order valence-electron chi connectivity index (χ2n) is 15.2. The highest BCUT2D eigenvalue weighted by atomic mass is 79.9. The molecule has 6 rings (SSSR count). The largest absolute Gasteiger partial charge is 1.00 e. The maximum absolute atomic E-state index is 12.4. The first-order chi connectivity index (χ1) is 17.7. The number of esters is 1. The zero-order valence-corrected chi connectivity index (χ0v) is 26.3. The third kappa shape index (κ3) is 4.73. The van der Waals surface area contributed by atoms with Gasteiger partial charge in [-0.05, 0) is 113 Å². The minimum Gasteiger partial charge on any atom is -1.00 e. The zero-order chi connectivity index (χ0) is 26.0. The molecule has 0 aromatic rings. The molecule has 0 aromatic heterocycles. The third-order valence-corrected chi connectivity index (χ3v) is 13.4. The van der Waals surface area contributed by atoms with Crippen LogP contribution in [0.4, 0.5) is 0 Å². The molecule has 218 valence electrons. The van der Waals surface area contributed by atoms with Gasteiger partial charge in [0.25, 0.3) is 0 Å². The van der Waals surface area contributed by atoms with Gasteiger partial charge in [-0.3, -0.25) is 9.69 Å². The summed E-state index contributed by atoms with van der Waals surface area (Å²) in [5.74, 6) is 2.76. The Kier molecular flexibility index (Phi) is 8.42. The van der Waals surface area contributed by atoms with Crippen LogP contribution in [0.5, 0.6) is 0 Å². The van der Waals surface area contributed by atoms with Crippen molar-refractivity contribution in [2.75, 3.05) is 33.2 Å². The molecule has 6 aliphatic rings. The van der Waals surface area contributed by atoms with Crippen molar-refractivity contribution in [3.05, 3.63) is 0 Å². The number of likely N-dealkylation sites (tertiary alicyclic amines) is 2. The molecule has 6 heteroatoms. The van der Waals surface area contributed by atoms with Gasteiger partial charge in [0, 0.05) is 24.8 Å². The first kappa shape index (κ1) is 29.3. The van der Waals surface area contributed by atoms with Gasteiger partial charge in [-0.1, -0.05) is 20.3 Å². The second-order valence-corrected chi connectivity index (χ2v) is 15.2. The van der Waals surface area contributed by atoms with Gasteiger partial charge in [-0.25, -0.2) is 0 Å². The highest BCUT2D eigenvalue weighted by Crippen LogP contribution is 2.67. The van der Waals surface area contributed by atoms with E-state index >= 15 is 0 Å². The number of carbonyl (C=O) groups excluding carboxylic acids is 1. The highest BCUT2D eigenvalue weighted by molar-refractivity contribution is 5.66. The number of hydrogen-bond donors (Lipinski definition) is 1. The number of quaternary nitrogens is 1. The SMILES string of the molecule is CC(=O)O[C@H]1[C@@H]([N+]2(C)CCCCC2)C[C@H]2[C@@H]3CC[C@H]4C[C@H](O)[C@@H](N5CCCCC5)C[C@]4(C)[C@H]3CC[C@@]21C.[Br-]. The lowest BCUT2D eigenvalue weighted by Crippen LogP contribution is -3.00. The summed E-state index contributed by atoms with van der Waals surface area (Å²) >= 11 is 0. The van der Waals surface area contributed by atoms with Gasteiger partial charge in [-0.15, -0.1) is 0 Å². The van der Waals surface area contributed by atoms with E-state index in [9.17, 15) is 9.90 Å². The van der Waals surface area contributed by atoms with Crippen LogP contribution in [0.1, 0.15) is 104 Å². The number of ether oxygens (including phenoxy) is 1. The summed E-state index contributed by atoms with van der Waals surface area (Å²) in [7, 11) is 2.47. The predicted octanol–water partition coefficient (Wildman–Crippen LogP) is 2.40. The Morgan fingerprint density at radius 2 is 1.61 bits per heavy atom. The van der Waals surface area contributed by atoms with Crippen molar-refractivity contribution in [2.24, 2.45) is 34.5 Å². The summed E-state index contributed by atoms with van der Waals surface area (Å²) in [5, 5.41) is 11.3. The highest BCUT2D eigenvalue weighted by Gasteiger charge is 2.67. The first-order valence-corrected chi connectivity index (χ1v) is 16.1. The molecule has 0 unspecified atom stereocenters. The molecule has 0 aromatic carbocycles. The number of fused-ring (bicyclic) bond motifs is 5. The Morgan fingerprint density at radius 3 is 2.29 bits per heavy atom. The maximum Gasteiger partial charge on any atom is 0.303 e. The van der Waals surface area contributed by atoms with Crippen LogP contribution in [0.2, 0.25) is 0 Å². The number of likely N-dealkylation sites (N-methyl/N-ethyl adjacent to an activating group) is 1. The minimum absolute atomic E-state index is 0. The number of aliphatic hydroxyl groups excluding tert-OH is 1. The summed E-state index contributed by atoms with van der Waals surface area (Å²) in [6.45, 7) is 11.6. The summed E-state index contributed by atoms with van der Waals surface area (Å²) in [6.07, 6.45) is 16.4. The topological polar surface area (TPSA) is 49.8 Å². The second kappa shape index (κ2) is 10.9. The van der Waals surface area contributed by atoms with E-state index in [2.05, 4.69) is 25.8 Å². The Balaban J connectivity index is 0.00000294. The molecule has 0 amide bonds. The van der Waals surface area contributed by atoms with E-state index in [0.29, 0.717) is 29.3 Å². The number of halogens is 1. The standard InChI is InChI=1S/C32H55N2O3.BrH/c1-22(35)37-30-28(34(4)17-9-6-10-18-34)20-26-24-12-11-23-19-29(36)27(33-15-7-5-8-16-33)21-32(23,3)25(24)13-14-31(26,30)2;/h23-30,36H,5-21H2,1-4H3;1H/q+1;/p-1/t23-,24+,25-,26-,27-,28-,29-,30-,31-,32-;/m0./s1. The molecule has 6 fully saturated rings. The fraction of sp³-hybridized carbons (Fsp3) is 0.969. The van der Waals surface area contributed by atoms with Crippen LogP contribution in [0.25, 0.3) is 0 Å². The molecule has 5 nitrogen and oxygen atoms in total. The van der Waals surface area contributed by atoms with E-state index in [-0.39, 0.29) is 40.6 Å². The smallest absolute Gasteiger partial charge is 0.303 e. The van der Waals surface area contributed by atoms with Crippen molar-refractivity contribution in [1.82, 2.24) is 4.90 Å². The van der Waals surface area contributed by atoms with Crippen LogP contribution in [-0.4, -0.2) is 78.0 Å². The Labute approximate surface area is 242 Å². The lowest BCUT2D eigenvalue weighted by Gasteiger charge is -2.62. The van der Waals surface area contributed by atoms with Crippen LogP contribution >= 0.6 is 0 Å². The molecule has 0 bridgehead atoms. The van der Waals surface area contributed by atoms with Crippen LogP contribution in [0.15, 0.2) is 0 Å². The van der Waals surface area contributed by atoms with Gasteiger partial charge in [-0.2, -0.15) is 0 Å². The molecule has 2 heterocycles. The van der Waals surface area contributed by atoms with Crippen molar-refractivity contribution >= 4 is 5.97 Å². The maximum atomic E-state index is 12.4. The number of aliphatic hydroxyl groups is 1. The van der Waals surface area contributed by atoms with Gasteiger partial charge >= 0.3 is 5.97 Å². The molecule has 38 heavy (non-hydrogen) atoms. The van der Waals surface area contributed by atoms with E-state index < -0.39 is 0 Å². The van der Waals surface area contributed by atoms with E-state index in [4.69, 9.17) is 4.74 Å². The number of hydrogen-bond acceptors (Lipinski definition) is 4. The molecule has 10 atom stereocenters. The van der Waals surface area contributed by atoms with Crippen molar-refractivity contribution in [3.8, 4) is 0 Å². The molecule has 0 spiro atoms. The molecule has 1 N–H and O–H groups in total. The molecule has 4 aliphatic carbocycles. The summed E-state index contributed by atoms with van der Waals surface area (Å²) in [4.78, 5) is 15.1. The van der Waals surface area contributed by atoms with Gasteiger partial charge in [0.1, 0.15) is 6.04 Å². The molecule has 0 radical (unpaired) electrons. The van der Waals surface area contributed by atoms with Gasteiger partial charge in [0.05, 0.1) is 26.2 Å². The van der Waals surface area contributed by atoms with Crippen LogP contribution in [-0.2, 0) is 9.53 Å². The first-order valence-electron chi connectivity index (χ1n) is 16.1. The normalized spacial score (nSPS) is 48.7. The summed E-state index contributed by atoms with van der Waals surface area (Å²) in [5.41, 5.74) is 0.448. The fourth-order valence-electron chi connectivity index (χ4n) is 11.4. The van der Waals surface area contributed by atoms with Crippen LogP contribution in [0, 0.1) is 34.5 Å². The number of nitrogens with zero attached hydrogens (tertiary/aromatic N) is 2. The molecule has 2 aliphatic heterocycles. The zero-order valence-electron chi connectivity index (χ0n) is 24.7. The van der Waals surface area contributed by atoms with E-state index in [1.165, 1.54) is 103 Å². The lowest BCUT2D eigenvalue weighted by atomic mass is 9.44. The van der Waals surface area contributed by atoms with Crippen LogP contribution in [0.3, 0.4) is 0 Å². The van der Waals surface area contributed by atoms with Crippen molar-refractivity contribution in [3.63, 3.8) is 0 Å². The lowest BCUT2D eigenvalue weighted by molar-refractivity contribution is -0.940. The number of rotatable bonds is 3. The van der Waals surface area contributed by atoms with Gasteiger partial charge in [0.2, 0.25) is 0 Å². The average molecular weight is 596 g/mol. The quantitative estimate of drug-likeness (QED) is 0.403. The van der Waals surface area contributed by atoms with E-state index in [1.54, 1.807) is 6.92 Å². The van der Waals surface area contributed by atoms with Gasteiger partial charge in [0.15, 0.2) is 6.10 Å². The average Bonchev–Trinajstić information content (AvgIpc) is 3.17. The Bertz CT molecular complexity index is 858.